The van der Waals surface area contributed by atoms with Crippen LogP contribution in [0.2, 0.25) is 0 Å². The minimum atomic E-state index is -1.03. The molecule has 170 valence electrons. The summed E-state index contributed by atoms with van der Waals surface area (Å²) in [5.74, 6) is -2.05. The Hall–Kier alpha value is -4.86. The van der Waals surface area contributed by atoms with E-state index in [2.05, 4.69) is 5.32 Å². The lowest BCUT2D eigenvalue weighted by atomic mass is 10.1. The van der Waals surface area contributed by atoms with Crippen molar-refractivity contribution in [1.82, 2.24) is 5.32 Å². The smallest absolute Gasteiger partial charge is 0.335 e. The highest BCUT2D eigenvalue weighted by atomic mass is 19.1. The Balaban J connectivity index is 1.66. The van der Waals surface area contributed by atoms with E-state index in [9.17, 15) is 28.9 Å². The lowest BCUT2D eigenvalue weighted by Gasteiger charge is -2.26. The molecule has 1 heterocycles. The highest BCUT2D eigenvalue weighted by Gasteiger charge is 2.37. The molecule has 0 atom stereocenters. The van der Waals surface area contributed by atoms with Gasteiger partial charge in [-0.1, -0.05) is 42.5 Å². The maximum absolute atomic E-state index is 13.9. The molecule has 0 saturated carbocycles. The number of anilines is 1. The van der Waals surface area contributed by atoms with Gasteiger partial charge >= 0.3 is 6.03 Å². The standard InChI is InChI=1S/C24H16FN3O6/c25-20-10-3-1-7-16(20)14-34-21-11-4-2-6-15(21)12-19-22(29)26-24(31)27(23(19)30)17-8-5-9-18(13-17)28(32)33/h1-13H,14H2,(H,26,29,31). The summed E-state index contributed by atoms with van der Waals surface area (Å²) < 4.78 is 19.6. The maximum atomic E-state index is 13.9. The predicted octanol–water partition coefficient (Wildman–Crippen LogP) is 3.98. The van der Waals surface area contributed by atoms with Gasteiger partial charge in [-0.3, -0.25) is 25.0 Å². The zero-order chi connectivity index (χ0) is 24.2. The van der Waals surface area contributed by atoms with E-state index in [1.165, 1.54) is 30.3 Å². The lowest BCUT2D eigenvalue weighted by Crippen LogP contribution is -2.54. The lowest BCUT2D eigenvalue weighted by molar-refractivity contribution is -0.384. The van der Waals surface area contributed by atoms with Crippen LogP contribution in [0.4, 0.5) is 20.6 Å². The fourth-order valence-corrected chi connectivity index (χ4v) is 3.30. The molecule has 10 heteroatoms. The molecule has 34 heavy (non-hydrogen) atoms. The Morgan fingerprint density at radius 1 is 1.00 bits per heavy atom. The average molecular weight is 461 g/mol. The number of imide groups is 2. The molecule has 1 saturated heterocycles. The number of nitrogens with zero attached hydrogens (tertiary/aromatic N) is 2. The van der Waals surface area contributed by atoms with Crippen molar-refractivity contribution < 1.29 is 28.4 Å². The number of para-hydroxylation sites is 1. The Labute approximate surface area is 192 Å². The number of urea groups is 1. The SMILES string of the molecule is O=C1NC(=O)N(c2cccc([N+](=O)[O-])c2)C(=O)C1=Cc1ccccc1OCc1ccccc1F. The van der Waals surface area contributed by atoms with Crippen molar-refractivity contribution in [2.75, 3.05) is 4.90 Å². The molecule has 3 aromatic rings. The molecule has 0 radical (unpaired) electrons. The first-order chi connectivity index (χ1) is 16.3. The van der Waals surface area contributed by atoms with Gasteiger partial charge in [0.05, 0.1) is 10.6 Å². The van der Waals surface area contributed by atoms with E-state index in [1.54, 1.807) is 42.5 Å². The first-order valence-corrected chi connectivity index (χ1v) is 9.96. The van der Waals surface area contributed by atoms with Gasteiger partial charge in [-0.15, -0.1) is 0 Å². The first-order valence-electron chi connectivity index (χ1n) is 9.96. The van der Waals surface area contributed by atoms with Crippen LogP contribution in [-0.2, 0) is 16.2 Å². The molecule has 0 unspecified atom stereocenters. The van der Waals surface area contributed by atoms with Crippen LogP contribution in [0.25, 0.3) is 6.08 Å². The van der Waals surface area contributed by atoms with E-state index >= 15 is 0 Å². The van der Waals surface area contributed by atoms with E-state index in [0.29, 0.717) is 16.0 Å². The molecule has 0 aromatic heterocycles. The fourth-order valence-electron chi connectivity index (χ4n) is 3.30. The van der Waals surface area contributed by atoms with Crippen LogP contribution in [0.5, 0.6) is 5.75 Å². The second kappa shape index (κ2) is 9.33. The summed E-state index contributed by atoms with van der Waals surface area (Å²) in [4.78, 5) is 49.0. The van der Waals surface area contributed by atoms with Gasteiger partial charge in [0.15, 0.2) is 0 Å². The molecule has 1 aliphatic heterocycles. The third-order valence-corrected chi connectivity index (χ3v) is 4.96. The van der Waals surface area contributed by atoms with Crippen LogP contribution < -0.4 is 15.0 Å². The van der Waals surface area contributed by atoms with E-state index in [-0.39, 0.29) is 29.3 Å². The number of nitro groups is 1. The normalized spacial score (nSPS) is 14.8. The highest BCUT2D eigenvalue weighted by molar-refractivity contribution is 6.39. The molecule has 1 N–H and O–H groups in total. The van der Waals surface area contributed by atoms with Crippen LogP contribution in [-0.4, -0.2) is 22.8 Å². The minimum Gasteiger partial charge on any atom is -0.488 e. The van der Waals surface area contributed by atoms with Gasteiger partial charge in [0.25, 0.3) is 17.5 Å². The molecule has 0 bridgehead atoms. The van der Waals surface area contributed by atoms with Crippen molar-refractivity contribution in [2.24, 2.45) is 0 Å². The summed E-state index contributed by atoms with van der Waals surface area (Å²) >= 11 is 0. The zero-order valence-corrected chi connectivity index (χ0v) is 17.4. The summed E-state index contributed by atoms with van der Waals surface area (Å²) in [5.41, 5.74) is -0.121. The van der Waals surface area contributed by atoms with Crippen LogP contribution in [0.3, 0.4) is 0 Å². The second-order valence-electron chi connectivity index (χ2n) is 7.15. The molecule has 0 spiro atoms. The maximum Gasteiger partial charge on any atom is 0.335 e. The first kappa shape index (κ1) is 22.3. The fraction of sp³-hybridized carbons (Fsp3) is 0.0417. The van der Waals surface area contributed by atoms with E-state index in [4.69, 9.17) is 4.74 Å². The molecule has 9 nitrogen and oxygen atoms in total. The van der Waals surface area contributed by atoms with Crippen LogP contribution >= 0.6 is 0 Å². The molecule has 1 aliphatic rings. The Morgan fingerprint density at radius 2 is 1.74 bits per heavy atom. The van der Waals surface area contributed by atoms with E-state index in [1.807, 2.05) is 0 Å². The van der Waals surface area contributed by atoms with Crippen molar-refractivity contribution in [3.63, 3.8) is 0 Å². The molecule has 4 amide bonds. The summed E-state index contributed by atoms with van der Waals surface area (Å²) in [6.45, 7) is -0.0920. The number of benzene rings is 3. The molecule has 4 rings (SSSR count). The number of hydrogen-bond donors (Lipinski definition) is 1. The monoisotopic (exact) mass is 461 g/mol. The summed E-state index contributed by atoms with van der Waals surface area (Å²) in [6.07, 6.45) is 1.24. The van der Waals surface area contributed by atoms with Gasteiger partial charge < -0.3 is 4.74 Å². The van der Waals surface area contributed by atoms with Crippen molar-refractivity contribution in [1.29, 1.82) is 0 Å². The number of rotatable bonds is 6. The average Bonchev–Trinajstić information content (AvgIpc) is 2.82. The molecule has 0 aliphatic carbocycles. The van der Waals surface area contributed by atoms with Gasteiger partial charge in [0, 0.05) is 23.3 Å². The third kappa shape index (κ3) is 4.51. The highest BCUT2D eigenvalue weighted by Crippen LogP contribution is 2.28. The van der Waals surface area contributed by atoms with Crippen LogP contribution in [0, 0.1) is 15.9 Å². The Morgan fingerprint density at radius 3 is 2.50 bits per heavy atom. The van der Waals surface area contributed by atoms with Crippen LogP contribution in [0.1, 0.15) is 11.1 Å². The molecular formula is C24H16FN3O6. The van der Waals surface area contributed by atoms with Crippen molar-refractivity contribution in [3.8, 4) is 5.75 Å². The van der Waals surface area contributed by atoms with Gasteiger partial charge in [-0.25, -0.2) is 14.1 Å². The van der Waals surface area contributed by atoms with Gasteiger partial charge in [0.2, 0.25) is 0 Å². The molecular weight excluding hydrogens is 445 g/mol. The molecule has 1 fully saturated rings. The van der Waals surface area contributed by atoms with E-state index in [0.717, 1.165) is 6.07 Å². The Kier molecular flexibility index (Phi) is 6.13. The number of ether oxygens (including phenoxy) is 1. The number of carbonyl (C=O) groups is 3. The minimum absolute atomic E-state index is 0.0702. The zero-order valence-electron chi connectivity index (χ0n) is 17.4. The number of nitro benzene ring substituents is 1. The van der Waals surface area contributed by atoms with Crippen LogP contribution in [0.15, 0.2) is 78.4 Å². The van der Waals surface area contributed by atoms with Gasteiger partial charge in [-0.2, -0.15) is 0 Å². The largest absolute Gasteiger partial charge is 0.488 e. The third-order valence-electron chi connectivity index (χ3n) is 4.96. The van der Waals surface area contributed by atoms with Gasteiger partial charge in [-0.05, 0) is 24.3 Å². The predicted molar refractivity (Wildman–Crippen MR) is 119 cm³/mol. The number of carbonyl (C=O) groups excluding carboxylic acids is 3. The van der Waals surface area contributed by atoms with Crippen molar-refractivity contribution in [3.05, 3.63) is 105 Å². The second-order valence-corrected chi connectivity index (χ2v) is 7.15. The summed E-state index contributed by atoms with van der Waals surface area (Å²) in [7, 11) is 0. The Bertz CT molecular complexity index is 1350. The quantitative estimate of drug-likeness (QED) is 0.257. The van der Waals surface area contributed by atoms with E-state index < -0.39 is 28.6 Å². The number of nitrogens with one attached hydrogen (secondary N) is 1. The number of barbiturate groups is 1. The number of hydrogen-bond acceptors (Lipinski definition) is 6. The summed E-state index contributed by atoms with van der Waals surface area (Å²) in [6, 6.07) is 16.5. The van der Waals surface area contributed by atoms with Crippen molar-refractivity contribution >= 4 is 35.3 Å². The topological polar surface area (TPSA) is 119 Å². The molecule has 3 aromatic carbocycles. The van der Waals surface area contributed by atoms with Gasteiger partial charge in [0.1, 0.15) is 23.7 Å². The number of halogens is 1. The van der Waals surface area contributed by atoms with Crippen molar-refractivity contribution in [2.45, 2.75) is 6.61 Å². The number of non-ortho nitro benzene ring substituents is 1. The number of amides is 4. The summed E-state index contributed by atoms with van der Waals surface area (Å²) in [5, 5.41) is 13.1.